The molecule has 0 aliphatic carbocycles. The Morgan fingerprint density at radius 2 is 1.59 bits per heavy atom. The fraction of sp³-hybridized carbons (Fsp3) is 0.619. The quantitative estimate of drug-likeness (QED) is 0.830. The summed E-state index contributed by atoms with van der Waals surface area (Å²) in [6.45, 7) is 4.89. The molecule has 2 aliphatic rings. The SMILES string of the molecule is NCCN(CCc1ccccc1)C(=O)C1CCN(C(=O)N2CCCC2)CC1. The molecule has 27 heavy (non-hydrogen) atoms. The number of carbonyl (C=O) groups excluding carboxylic acids is 2. The number of amides is 3. The van der Waals surface area contributed by atoms with Crippen LogP contribution in [0.5, 0.6) is 0 Å². The van der Waals surface area contributed by atoms with Gasteiger partial charge in [-0.25, -0.2) is 4.79 Å². The van der Waals surface area contributed by atoms with Crippen molar-refractivity contribution in [2.45, 2.75) is 32.1 Å². The highest BCUT2D eigenvalue weighted by molar-refractivity contribution is 5.80. The Bertz CT molecular complexity index is 608. The smallest absolute Gasteiger partial charge is 0.319 e. The Morgan fingerprint density at radius 3 is 2.22 bits per heavy atom. The van der Waals surface area contributed by atoms with Gasteiger partial charge in [0.05, 0.1) is 0 Å². The molecule has 2 fully saturated rings. The molecule has 0 spiro atoms. The van der Waals surface area contributed by atoms with Crippen LogP contribution in [0.15, 0.2) is 30.3 Å². The van der Waals surface area contributed by atoms with E-state index in [1.807, 2.05) is 32.9 Å². The van der Waals surface area contributed by atoms with Crippen molar-refractivity contribution in [2.24, 2.45) is 11.7 Å². The van der Waals surface area contributed by atoms with Crippen molar-refractivity contribution in [3.05, 3.63) is 35.9 Å². The van der Waals surface area contributed by atoms with Crippen molar-refractivity contribution in [2.75, 3.05) is 45.8 Å². The molecule has 6 heteroatoms. The average molecular weight is 373 g/mol. The number of piperidine rings is 1. The third kappa shape index (κ3) is 5.22. The monoisotopic (exact) mass is 372 g/mol. The van der Waals surface area contributed by atoms with Gasteiger partial charge in [-0.2, -0.15) is 0 Å². The van der Waals surface area contributed by atoms with E-state index in [4.69, 9.17) is 5.73 Å². The maximum atomic E-state index is 13.0. The average Bonchev–Trinajstić information content (AvgIpc) is 3.26. The van der Waals surface area contributed by atoms with Crippen molar-refractivity contribution in [1.82, 2.24) is 14.7 Å². The van der Waals surface area contributed by atoms with Crippen LogP contribution in [0.3, 0.4) is 0 Å². The highest BCUT2D eigenvalue weighted by atomic mass is 16.2. The van der Waals surface area contributed by atoms with Crippen LogP contribution in [0.1, 0.15) is 31.2 Å². The Morgan fingerprint density at radius 1 is 0.963 bits per heavy atom. The predicted molar refractivity (Wildman–Crippen MR) is 106 cm³/mol. The van der Waals surface area contributed by atoms with Crippen LogP contribution in [0.4, 0.5) is 4.79 Å². The number of likely N-dealkylation sites (tertiary alicyclic amines) is 2. The van der Waals surface area contributed by atoms with E-state index in [0.29, 0.717) is 32.7 Å². The van der Waals surface area contributed by atoms with Gasteiger partial charge in [0.2, 0.25) is 5.91 Å². The number of hydrogen-bond acceptors (Lipinski definition) is 3. The summed E-state index contributed by atoms with van der Waals surface area (Å²) in [5, 5.41) is 0. The van der Waals surface area contributed by atoms with Gasteiger partial charge in [0.25, 0.3) is 0 Å². The first-order chi connectivity index (χ1) is 13.2. The molecule has 0 bridgehead atoms. The molecule has 0 saturated carbocycles. The standard InChI is InChI=1S/C21H32N4O2/c22-11-17-23(14-8-18-6-2-1-3-7-18)20(26)19-9-15-25(16-10-19)21(27)24-12-4-5-13-24/h1-3,6-7,19H,4-5,8-17,22H2. The summed E-state index contributed by atoms with van der Waals surface area (Å²) >= 11 is 0. The van der Waals surface area contributed by atoms with Crippen LogP contribution in [0, 0.1) is 5.92 Å². The lowest BCUT2D eigenvalue weighted by Crippen LogP contribution is -2.49. The van der Waals surface area contributed by atoms with Crippen LogP contribution in [-0.2, 0) is 11.2 Å². The molecule has 1 aromatic rings. The molecule has 0 aromatic heterocycles. The summed E-state index contributed by atoms with van der Waals surface area (Å²) in [4.78, 5) is 31.3. The van der Waals surface area contributed by atoms with E-state index in [0.717, 1.165) is 45.2 Å². The minimum absolute atomic E-state index is 0.00921. The summed E-state index contributed by atoms with van der Waals surface area (Å²) in [6, 6.07) is 10.4. The minimum Gasteiger partial charge on any atom is -0.341 e. The topological polar surface area (TPSA) is 69.9 Å². The molecular formula is C21H32N4O2. The molecule has 0 unspecified atom stereocenters. The van der Waals surface area contributed by atoms with Crippen LogP contribution >= 0.6 is 0 Å². The highest BCUT2D eigenvalue weighted by Crippen LogP contribution is 2.22. The number of hydrogen-bond donors (Lipinski definition) is 1. The molecule has 3 amide bonds. The van der Waals surface area contributed by atoms with Crippen LogP contribution in [0.25, 0.3) is 0 Å². The maximum Gasteiger partial charge on any atom is 0.319 e. The Kier molecular flexibility index (Phi) is 7.10. The molecule has 2 aliphatic heterocycles. The second-order valence-electron chi connectivity index (χ2n) is 7.59. The zero-order valence-electron chi connectivity index (χ0n) is 16.2. The molecule has 148 valence electrons. The second kappa shape index (κ2) is 9.74. The van der Waals surface area contributed by atoms with E-state index >= 15 is 0 Å². The van der Waals surface area contributed by atoms with Crippen LogP contribution in [0.2, 0.25) is 0 Å². The Balaban J connectivity index is 1.50. The van der Waals surface area contributed by atoms with Gasteiger partial charge in [-0.3, -0.25) is 4.79 Å². The number of nitrogens with two attached hydrogens (primary N) is 1. The normalized spacial score (nSPS) is 18.0. The lowest BCUT2D eigenvalue weighted by Gasteiger charge is -2.36. The molecule has 0 radical (unpaired) electrons. The van der Waals surface area contributed by atoms with Crippen molar-refractivity contribution in [3.63, 3.8) is 0 Å². The van der Waals surface area contributed by atoms with Gasteiger partial charge in [0.1, 0.15) is 0 Å². The Labute approximate surface area is 162 Å². The van der Waals surface area contributed by atoms with Gasteiger partial charge in [-0.15, -0.1) is 0 Å². The fourth-order valence-corrected chi connectivity index (χ4v) is 4.08. The largest absolute Gasteiger partial charge is 0.341 e. The van der Waals surface area contributed by atoms with E-state index in [1.165, 1.54) is 5.56 Å². The van der Waals surface area contributed by atoms with Crippen molar-refractivity contribution in [1.29, 1.82) is 0 Å². The van der Waals surface area contributed by atoms with Crippen molar-refractivity contribution >= 4 is 11.9 Å². The van der Waals surface area contributed by atoms with Gasteiger partial charge < -0.3 is 20.4 Å². The number of nitrogens with zero attached hydrogens (tertiary/aromatic N) is 3. The summed E-state index contributed by atoms with van der Waals surface area (Å²) < 4.78 is 0. The predicted octanol–water partition coefficient (Wildman–Crippen LogP) is 1.94. The first-order valence-corrected chi connectivity index (χ1v) is 10.3. The Hall–Kier alpha value is -2.08. The number of rotatable bonds is 6. The van der Waals surface area contributed by atoms with Gasteiger partial charge in [0.15, 0.2) is 0 Å². The number of benzene rings is 1. The van der Waals surface area contributed by atoms with Gasteiger partial charge in [-0.05, 0) is 37.7 Å². The van der Waals surface area contributed by atoms with E-state index in [1.54, 1.807) is 0 Å². The number of carbonyl (C=O) groups is 2. The lowest BCUT2D eigenvalue weighted by atomic mass is 9.95. The van der Waals surface area contributed by atoms with Crippen LogP contribution in [-0.4, -0.2) is 72.5 Å². The van der Waals surface area contributed by atoms with E-state index < -0.39 is 0 Å². The third-order valence-corrected chi connectivity index (χ3v) is 5.72. The fourth-order valence-electron chi connectivity index (χ4n) is 4.08. The van der Waals surface area contributed by atoms with Gasteiger partial charge in [-0.1, -0.05) is 30.3 Å². The molecule has 3 rings (SSSR count). The van der Waals surface area contributed by atoms with Crippen molar-refractivity contribution in [3.8, 4) is 0 Å². The summed E-state index contributed by atoms with van der Waals surface area (Å²) in [6.07, 6.45) is 4.57. The summed E-state index contributed by atoms with van der Waals surface area (Å²) in [5.74, 6) is 0.208. The number of urea groups is 1. The molecule has 1 aromatic carbocycles. The second-order valence-corrected chi connectivity index (χ2v) is 7.59. The van der Waals surface area contributed by atoms with E-state index in [9.17, 15) is 9.59 Å². The minimum atomic E-state index is 0.00921. The molecular weight excluding hydrogens is 340 g/mol. The first-order valence-electron chi connectivity index (χ1n) is 10.3. The van der Waals surface area contributed by atoms with Crippen molar-refractivity contribution < 1.29 is 9.59 Å². The zero-order chi connectivity index (χ0) is 19.1. The molecule has 2 N–H and O–H groups in total. The lowest BCUT2D eigenvalue weighted by molar-refractivity contribution is -0.136. The third-order valence-electron chi connectivity index (χ3n) is 5.72. The molecule has 6 nitrogen and oxygen atoms in total. The van der Waals surface area contributed by atoms with Gasteiger partial charge >= 0.3 is 6.03 Å². The zero-order valence-corrected chi connectivity index (χ0v) is 16.2. The molecule has 2 saturated heterocycles. The first kappa shape index (κ1) is 19.7. The summed E-state index contributed by atoms with van der Waals surface area (Å²) in [7, 11) is 0. The molecule has 0 atom stereocenters. The van der Waals surface area contributed by atoms with E-state index in [2.05, 4.69) is 12.1 Å². The molecule has 2 heterocycles. The highest BCUT2D eigenvalue weighted by Gasteiger charge is 2.32. The van der Waals surface area contributed by atoms with Gasteiger partial charge in [0, 0.05) is 51.7 Å². The maximum absolute atomic E-state index is 13.0. The van der Waals surface area contributed by atoms with E-state index in [-0.39, 0.29) is 17.9 Å². The summed E-state index contributed by atoms with van der Waals surface area (Å²) in [5.41, 5.74) is 6.98. The van der Waals surface area contributed by atoms with Crippen LogP contribution < -0.4 is 5.73 Å².